The Balaban J connectivity index is 1.97. The van der Waals surface area contributed by atoms with E-state index in [4.69, 9.17) is 0 Å². The smallest absolute Gasteiger partial charge is 0.320 e. The van der Waals surface area contributed by atoms with Crippen molar-refractivity contribution in [1.82, 2.24) is 15.1 Å². The highest BCUT2D eigenvalue weighted by Gasteiger charge is 2.30. The maximum Gasteiger partial charge on any atom is 0.320 e. The lowest BCUT2D eigenvalue weighted by Gasteiger charge is -2.41. The van der Waals surface area contributed by atoms with E-state index in [-0.39, 0.29) is 6.03 Å². The van der Waals surface area contributed by atoms with Gasteiger partial charge >= 0.3 is 6.03 Å². The maximum atomic E-state index is 12.1. The molecule has 0 aliphatic carbocycles. The minimum absolute atomic E-state index is 0.246. The number of rotatable bonds is 2. The number of piperidine rings is 1. The Morgan fingerprint density at radius 3 is 2.73 bits per heavy atom. The number of hydrogen-bond acceptors (Lipinski definition) is 1. The summed E-state index contributed by atoms with van der Waals surface area (Å²) in [6, 6.07) is 0.694. The second kappa shape index (κ2) is 4.84. The van der Waals surface area contributed by atoms with Gasteiger partial charge in [-0.25, -0.2) is 10.1 Å². The Morgan fingerprint density at radius 2 is 2.07 bits per heavy atom. The van der Waals surface area contributed by atoms with Crippen LogP contribution in [-0.4, -0.2) is 54.6 Å². The number of hydrogen-bond donors (Lipinski definition) is 0. The zero-order chi connectivity index (χ0) is 10.7. The van der Waals surface area contributed by atoms with Crippen molar-refractivity contribution in [3.05, 3.63) is 0 Å². The summed E-state index contributed by atoms with van der Waals surface area (Å²) in [4.78, 5) is 16.1. The topological polar surface area (TPSA) is 37.7 Å². The number of nitrogens with zero attached hydrogens (tertiary/aromatic N) is 3. The third-order valence-electron chi connectivity index (χ3n) is 3.41. The van der Waals surface area contributed by atoms with Crippen LogP contribution in [0.25, 0.3) is 0 Å². The summed E-state index contributed by atoms with van der Waals surface area (Å²) in [5, 5.41) is 4.33. The van der Waals surface area contributed by atoms with E-state index in [0.29, 0.717) is 6.04 Å². The highest BCUT2D eigenvalue weighted by molar-refractivity contribution is 5.75. The summed E-state index contributed by atoms with van der Waals surface area (Å²) in [6.45, 7) is 6.63. The van der Waals surface area contributed by atoms with Gasteiger partial charge < -0.3 is 9.80 Å². The molecule has 0 N–H and O–H groups in total. The fourth-order valence-electron chi connectivity index (χ4n) is 2.49. The predicted molar refractivity (Wildman–Crippen MR) is 58.9 cm³/mol. The van der Waals surface area contributed by atoms with Crippen LogP contribution < -0.4 is 5.32 Å². The summed E-state index contributed by atoms with van der Waals surface area (Å²) >= 11 is 0. The summed E-state index contributed by atoms with van der Waals surface area (Å²) in [5.74, 6) is 0. The van der Waals surface area contributed by atoms with Crippen molar-refractivity contribution in [3.8, 4) is 0 Å². The van der Waals surface area contributed by atoms with Crippen LogP contribution >= 0.6 is 0 Å². The lowest BCUT2D eigenvalue weighted by atomic mass is 10.0. The molecule has 0 unspecified atom stereocenters. The van der Waals surface area contributed by atoms with E-state index in [0.717, 1.165) is 52.0 Å². The molecule has 4 heteroatoms. The molecule has 0 aromatic carbocycles. The largest absolute Gasteiger partial charge is 0.325 e. The Hall–Kier alpha value is -0.770. The highest BCUT2D eigenvalue weighted by atomic mass is 16.2. The average Bonchev–Trinajstić information content (AvgIpc) is 2.30. The molecule has 0 spiro atoms. The van der Waals surface area contributed by atoms with Crippen molar-refractivity contribution in [2.75, 3.05) is 32.7 Å². The molecule has 2 heterocycles. The summed E-state index contributed by atoms with van der Waals surface area (Å²) in [5.41, 5.74) is 0. The normalized spacial score (nSPS) is 24.7. The molecule has 0 aromatic heterocycles. The van der Waals surface area contributed by atoms with Crippen LogP contribution in [0.3, 0.4) is 0 Å². The van der Waals surface area contributed by atoms with Crippen molar-refractivity contribution >= 4 is 6.03 Å². The Bertz CT molecular complexity index is 226. The van der Waals surface area contributed by atoms with Gasteiger partial charge in [-0.2, -0.15) is 0 Å². The molecular formula is C11H20N3O. The van der Waals surface area contributed by atoms with Gasteiger partial charge in [-0.15, -0.1) is 0 Å². The van der Waals surface area contributed by atoms with E-state index in [1.165, 1.54) is 0 Å². The van der Waals surface area contributed by atoms with Crippen LogP contribution in [0.2, 0.25) is 0 Å². The Labute approximate surface area is 91.6 Å². The second-order valence-corrected chi connectivity index (χ2v) is 4.31. The van der Waals surface area contributed by atoms with Crippen molar-refractivity contribution in [2.45, 2.75) is 32.2 Å². The van der Waals surface area contributed by atoms with Crippen LogP contribution in [0.15, 0.2) is 0 Å². The first-order chi connectivity index (χ1) is 7.33. The molecule has 2 rings (SSSR count). The lowest BCUT2D eigenvalue weighted by molar-refractivity contribution is 0.0997. The van der Waals surface area contributed by atoms with E-state index in [2.05, 4.69) is 17.1 Å². The van der Waals surface area contributed by atoms with Gasteiger partial charge in [-0.1, -0.05) is 0 Å². The van der Waals surface area contributed by atoms with E-state index in [1.54, 1.807) is 0 Å². The molecule has 4 nitrogen and oxygen atoms in total. The van der Waals surface area contributed by atoms with Gasteiger partial charge in [0.2, 0.25) is 0 Å². The zero-order valence-electron chi connectivity index (χ0n) is 9.48. The summed E-state index contributed by atoms with van der Waals surface area (Å²) in [6.07, 6.45) is 3.24. The quantitative estimate of drug-likeness (QED) is 0.667. The molecule has 0 saturated carbocycles. The first kappa shape index (κ1) is 10.7. The van der Waals surface area contributed by atoms with Gasteiger partial charge in [0, 0.05) is 38.8 Å². The number of amides is 2. The molecule has 2 saturated heterocycles. The fraction of sp³-hybridized carbons (Fsp3) is 0.909. The molecule has 85 valence electrons. The molecule has 2 aliphatic rings. The SMILES string of the molecule is CCN1CCCN(C2CC[N]CC2)C1=O. The number of urea groups is 1. The van der Waals surface area contributed by atoms with E-state index in [1.807, 2.05) is 4.90 Å². The van der Waals surface area contributed by atoms with Gasteiger partial charge in [0.15, 0.2) is 0 Å². The van der Waals surface area contributed by atoms with Gasteiger partial charge in [-0.3, -0.25) is 0 Å². The van der Waals surface area contributed by atoms with Gasteiger partial charge in [-0.05, 0) is 26.2 Å². The van der Waals surface area contributed by atoms with Gasteiger partial charge in [0.1, 0.15) is 0 Å². The monoisotopic (exact) mass is 210 g/mol. The second-order valence-electron chi connectivity index (χ2n) is 4.31. The number of carbonyl (C=O) groups excluding carboxylic acids is 1. The summed E-state index contributed by atoms with van der Waals surface area (Å²) < 4.78 is 0. The third kappa shape index (κ3) is 2.25. The van der Waals surface area contributed by atoms with Crippen LogP contribution in [0.1, 0.15) is 26.2 Å². The third-order valence-corrected chi connectivity index (χ3v) is 3.41. The molecule has 15 heavy (non-hydrogen) atoms. The van der Waals surface area contributed by atoms with Crippen LogP contribution in [0.4, 0.5) is 4.79 Å². The molecular weight excluding hydrogens is 190 g/mol. The molecule has 1 radical (unpaired) electrons. The molecule has 0 bridgehead atoms. The fourth-order valence-corrected chi connectivity index (χ4v) is 2.49. The number of carbonyl (C=O) groups is 1. The maximum absolute atomic E-state index is 12.1. The van der Waals surface area contributed by atoms with E-state index in [9.17, 15) is 4.79 Å². The Kier molecular flexibility index (Phi) is 3.46. The molecule has 2 amide bonds. The van der Waals surface area contributed by atoms with Crippen LogP contribution in [-0.2, 0) is 0 Å². The zero-order valence-corrected chi connectivity index (χ0v) is 9.48. The van der Waals surface area contributed by atoms with Crippen molar-refractivity contribution < 1.29 is 4.79 Å². The Morgan fingerprint density at radius 1 is 1.33 bits per heavy atom. The van der Waals surface area contributed by atoms with Crippen molar-refractivity contribution in [3.63, 3.8) is 0 Å². The molecule has 2 fully saturated rings. The predicted octanol–water partition coefficient (Wildman–Crippen LogP) is 0.901. The molecule has 0 aromatic rings. The first-order valence-corrected chi connectivity index (χ1v) is 6.01. The van der Waals surface area contributed by atoms with Crippen LogP contribution in [0.5, 0.6) is 0 Å². The van der Waals surface area contributed by atoms with Gasteiger partial charge in [0.25, 0.3) is 0 Å². The van der Waals surface area contributed by atoms with Crippen LogP contribution in [0, 0.1) is 0 Å². The minimum atomic E-state index is 0.246. The van der Waals surface area contributed by atoms with E-state index < -0.39 is 0 Å². The summed E-state index contributed by atoms with van der Waals surface area (Å²) in [7, 11) is 0. The van der Waals surface area contributed by atoms with Gasteiger partial charge in [0.05, 0.1) is 0 Å². The average molecular weight is 210 g/mol. The molecule has 0 atom stereocenters. The lowest BCUT2D eigenvalue weighted by Crippen LogP contribution is -2.54. The van der Waals surface area contributed by atoms with Crippen molar-refractivity contribution in [1.29, 1.82) is 0 Å². The molecule has 2 aliphatic heterocycles. The minimum Gasteiger partial charge on any atom is -0.325 e. The first-order valence-electron chi connectivity index (χ1n) is 6.01. The highest BCUT2D eigenvalue weighted by Crippen LogP contribution is 2.18. The van der Waals surface area contributed by atoms with E-state index >= 15 is 0 Å². The van der Waals surface area contributed by atoms with Crippen molar-refractivity contribution in [2.24, 2.45) is 0 Å². The standard InChI is InChI=1S/C11H20N3O/c1-2-13-8-3-9-14(11(13)15)10-4-6-12-7-5-10/h10H,2-9H2,1H3.